The predicted molar refractivity (Wildman–Crippen MR) is 153 cm³/mol. The van der Waals surface area contributed by atoms with Crippen molar-refractivity contribution >= 4 is 50.5 Å². The highest BCUT2D eigenvalue weighted by atomic mass is 32.1. The zero-order valence-electron chi connectivity index (χ0n) is 20.5. The molecule has 2 aromatic heterocycles. The van der Waals surface area contributed by atoms with Crippen LogP contribution in [-0.2, 0) is 11.2 Å². The minimum atomic E-state index is -0.627. The minimum absolute atomic E-state index is 0.00229. The number of anilines is 1. The third-order valence-electron chi connectivity index (χ3n) is 5.68. The lowest BCUT2D eigenvalue weighted by atomic mass is 10.1. The van der Waals surface area contributed by atoms with Crippen LogP contribution in [-0.4, -0.2) is 23.1 Å². The normalized spacial score (nSPS) is 10.7. The Morgan fingerprint density at radius 1 is 0.949 bits per heavy atom. The number of amides is 1. The Bertz CT molecular complexity index is 1680. The molecule has 0 aliphatic rings. The number of hydrogen-bond acceptors (Lipinski definition) is 6. The van der Waals surface area contributed by atoms with E-state index >= 15 is 0 Å². The number of benzene rings is 3. The van der Waals surface area contributed by atoms with Gasteiger partial charge in [-0.25, -0.2) is 8.78 Å². The van der Waals surface area contributed by atoms with Crippen LogP contribution in [0.2, 0.25) is 0 Å². The van der Waals surface area contributed by atoms with Gasteiger partial charge in [-0.1, -0.05) is 30.3 Å². The fourth-order valence-corrected chi connectivity index (χ4v) is 5.14. The molecule has 2 heterocycles. The molecule has 10 heteroatoms. The molecule has 5 rings (SSSR count). The Morgan fingerprint density at radius 3 is 2.46 bits per heavy atom. The van der Waals surface area contributed by atoms with E-state index in [2.05, 4.69) is 15.6 Å². The first kappa shape index (κ1) is 26.2. The topological polar surface area (TPSA) is 72.5 Å². The fourth-order valence-electron chi connectivity index (χ4n) is 3.85. The summed E-state index contributed by atoms with van der Waals surface area (Å²) in [5.41, 5.74) is 2.50. The van der Waals surface area contributed by atoms with Gasteiger partial charge in [0.05, 0.1) is 23.7 Å². The number of ether oxygens (including phenoxy) is 2. The van der Waals surface area contributed by atoms with Gasteiger partial charge in [0.15, 0.2) is 28.2 Å². The summed E-state index contributed by atoms with van der Waals surface area (Å²) in [6.45, 7) is 0. The van der Waals surface area contributed by atoms with E-state index < -0.39 is 11.6 Å². The molecule has 0 spiro atoms. The first-order valence-electron chi connectivity index (χ1n) is 11.7. The van der Waals surface area contributed by atoms with Crippen molar-refractivity contribution in [3.63, 3.8) is 0 Å². The van der Waals surface area contributed by atoms with Gasteiger partial charge in [-0.3, -0.25) is 9.78 Å². The second-order valence-corrected chi connectivity index (χ2v) is 9.86. The second-order valence-electron chi connectivity index (χ2n) is 8.40. The highest BCUT2D eigenvalue weighted by molar-refractivity contribution is 7.80. The highest BCUT2D eigenvalue weighted by Gasteiger charge is 2.15. The average Bonchev–Trinajstić information content (AvgIpc) is 3.36. The number of thiocarbonyl (C=S) groups is 1. The Labute approximate surface area is 232 Å². The number of fused-ring (bicyclic) bond motifs is 1. The van der Waals surface area contributed by atoms with E-state index in [0.29, 0.717) is 27.2 Å². The van der Waals surface area contributed by atoms with Crippen LogP contribution in [0.15, 0.2) is 85.1 Å². The molecule has 196 valence electrons. The molecule has 39 heavy (non-hydrogen) atoms. The van der Waals surface area contributed by atoms with E-state index in [-0.39, 0.29) is 28.9 Å². The summed E-state index contributed by atoms with van der Waals surface area (Å²) >= 11 is 6.55. The summed E-state index contributed by atoms with van der Waals surface area (Å²) in [5.74, 6) is -0.814. The average molecular weight is 562 g/mol. The number of aromatic nitrogens is 1. The van der Waals surface area contributed by atoms with E-state index in [1.165, 1.54) is 36.6 Å². The van der Waals surface area contributed by atoms with Gasteiger partial charge in [-0.2, -0.15) is 0 Å². The molecule has 0 aliphatic carbocycles. The molecule has 0 radical (unpaired) electrons. The highest BCUT2D eigenvalue weighted by Crippen LogP contribution is 2.40. The number of halogens is 2. The Balaban J connectivity index is 1.28. The van der Waals surface area contributed by atoms with Crippen molar-refractivity contribution in [2.24, 2.45) is 0 Å². The molecule has 0 bridgehead atoms. The van der Waals surface area contributed by atoms with Gasteiger partial charge in [-0.15, -0.1) is 11.3 Å². The molecule has 0 saturated carbocycles. The standard InChI is InChI=1S/C29H21F2N3O3S2/c1-36-23-9-7-18(14-20(23)30)26-16-22-28(39-26)25(11-12-32-22)37-24-10-8-19(15-21(24)31)33-29(38)34-27(35)13-17-5-3-2-4-6-17/h2-12,14-16H,13H2,1H3,(H2,33,34,35,38). The van der Waals surface area contributed by atoms with E-state index in [4.69, 9.17) is 21.7 Å². The van der Waals surface area contributed by atoms with Gasteiger partial charge in [0.1, 0.15) is 5.75 Å². The van der Waals surface area contributed by atoms with Crippen molar-refractivity contribution in [3.05, 3.63) is 102 Å². The third kappa shape index (κ3) is 6.19. The van der Waals surface area contributed by atoms with Crippen molar-refractivity contribution in [1.29, 1.82) is 0 Å². The summed E-state index contributed by atoms with van der Waals surface area (Å²) in [7, 11) is 1.41. The maximum atomic E-state index is 15.0. The Hall–Kier alpha value is -4.41. The Morgan fingerprint density at radius 2 is 1.72 bits per heavy atom. The third-order valence-corrected chi connectivity index (χ3v) is 7.07. The summed E-state index contributed by atoms with van der Waals surface area (Å²) < 4.78 is 40.8. The quantitative estimate of drug-likeness (QED) is 0.207. The Kier molecular flexibility index (Phi) is 7.76. The predicted octanol–water partition coefficient (Wildman–Crippen LogP) is 7.10. The van der Waals surface area contributed by atoms with Crippen LogP contribution < -0.4 is 20.1 Å². The molecule has 2 N–H and O–H groups in total. The lowest BCUT2D eigenvalue weighted by Crippen LogP contribution is -2.35. The maximum absolute atomic E-state index is 15.0. The van der Waals surface area contributed by atoms with Crippen molar-refractivity contribution < 1.29 is 23.0 Å². The van der Waals surface area contributed by atoms with Crippen molar-refractivity contribution in [2.45, 2.75) is 6.42 Å². The van der Waals surface area contributed by atoms with Crippen molar-refractivity contribution in [1.82, 2.24) is 10.3 Å². The van der Waals surface area contributed by atoms with Gasteiger partial charge >= 0.3 is 0 Å². The first-order valence-corrected chi connectivity index (χ1v) is 13.0. The lowest BCUT2D eigenvalue weighted by molar-refractivity contribution is -0.119. The largest absolute Gasteiger partial charge is 0.494 e. The summed E-state index contributed by atoms with van der Waals surface area (Å²) in [4.78, 5) is 17.4. The summed E-state index contributed by atoms with van der Waals surface area (Å²) in [5, 5.41) is 5.46. The smallest absolute Gasteiger partial charge is 0.230 e. The number of nitrogens with zero attached hydrogens (tertiary/aromatic N) is 1. The van der Waals surface area contributed by atoms with Crippen LogP contribution in [0, 0.1) is 11.6 Å². The molecule has 6 nitrogen and oxygen atoms in total. The number of nitrogens with one attached hydrogen (secondary N) is 2. The number of hydrogen-bond donors (Lipinski definition) is 2. The number of pyridine rings is 1. The van der Waals surface area contributed by atoms with E-state index in [0.717, 1.165) is 10.4 Å². The number of thiophene rings is 1. The molecule has 0 unspecified atom stereocenters. The van der Waals surface area contributed by atoms with Gasteiger partial charge < -0.3 is 20.1 Å². The van der Waals surface area contributed by atoms with Gasteiger partial charge in [-0.05, 0) is 59.7 Å². The molecule has 0 fully saturated rings. The molecular formula is C29H21F2N3O3S2. The molecular weight excluding hydrogens is 540 g/mol. The van der Waals surface area contributed by atoms with Gasteiger partial charge in [0.2, 0.25) is 5.91 Å². The van der Waals surface area contributed by atoms with E-state index in [9.17, 15) is 13.6 Å². The number of rotatable bonds is 7. The first-order chi connectivity index (χ1) is 18.9. The number of methoxy groups -OCH3 is 1. The molecule has 0 saturated heterocycles. The second kappa shape index (κ2) is 11.5. The number of carbonyl (C=O) groups excluding carboxylic acids is 1. The summed E-state index contributed by atoms with van der Waals surface area (Å²) in [6, 6.07) is 21.7. The SMILES string of the molecule is COc1ccc(-c2cc3nccc(Oc4ccc(NC(=S)NC(=O)Cc5ccccc5)cc4F)c3s2)cc1F. The zero-order valence-corrected chi connectivity index (χ0v) is 22.2. The van der Waals surface area contributed by atoms with Crippen LogP contribution in [0.3, 0.4) is 0 Å². The molecule has 0 aliphatic heterocycles. The fraction of sp³-hybridized carbons (Fsp3) is 0.0690. The van der Waals surface area contributed by atoms with Crippen LogP contribution in [0.25, 0.3) is 20.7 Å². The minimum Gasteiger partial charge on any atom is -0.494 e. The van der Waals surface area contributed by atoms with Crippen molar-refractivity contribution in [3.8, 4) is 27.7 Å². The number of carbonyl (C=O) groups is 1. The van der Waals surface area contributed by atoms with E-state index in [1.807, 2.05) is 36.4 Å². The van der Waals surface area contributed by atoms with Crippen LogP contribution in [0.5, 0.6) is 17.2 Å². The molecule has 1 amide bonds. The summed E-state index contributed by atoms with van der Waals surface area (Å²) in [6.07, 6.45) is 1.73. The zero-order chi connectivity index (χ0) is 27.4. The lowest BCUT2D eigenvalue weighted by Gasteiger charge is -2.12. The molecule has 3 aromatic carbocycles. The van der Waals surface area contributed by atoms with Crippen LogP contribution in [0.4, 0.5) is 14.5 Å². The maximum Gasteiger partial charge on any atom is 0.230 e. The molecule has 0 atom stereocenters. The van der Waals surface area contributed by atoms with Gasteiger partial charge in [0, 0.05) is 28.9 Å². The van der Waals surface area contributed by atoms with Crippen molar-refractivity contribution in [2.75, 3.05) is 12.4 Å². The molecule has 5 aromatic rings. The monoisotopic (exact) mass is 561 g/mol. The van der Waals surface area contributed by atoms with Gasteiger partial charge in [0.25, 0.3) is 0 Å². The van der Waals surface area contributed by atoms with Crippen LogP contribution >= 0.6 is 23.6 Å². The van der Waals surface area contributed by atoms with E-state index in [1.54, 1.807) is 30.5 Å². The van der Waals surface area contributed by atoms with Crippen LogP contribution in [0.1, 0.15) is 5.56 Å².